The van der Waals surface area contributed by atoms with Crippen molar-refractivity contribution in [2.75, 3.05) is 11.4 Å². The van der Waals surface area contributed by atoms with Crippen molar-refractivity contribution < 1.29 is 8.78 Å². The molecule has 7 heteroatoms. The smallest absolute Gasteiger partial charge is 0.229 e. The summed E-state index contributed by atoms with van der Waals surface area (Å²) in [5.74, 6) is -1.07. The first kappa shape index (κ1) is 11.6. The Bertz CT molecular complexity index is 599. The van der Waals surface area contributed by atoms with E-state index in [1.807, 2.05) is 4.90 Å². The minimum Gasteiger partial charge on any atom is -0.311 e. The summed E-state index contributed by atoms with van der Waals surface area (Å²) < 4.78 is 28.4. The van der Waals surface area contributed by atoms with Crippen LogP contribution in [-0.2, 0) is 6.54 Å². The first-order valence-corrected chi connectivity index (χ1v) is 6.27. The summed E-state index contributed by atoms with van der Waals surface area (Å²) in [5.41, 5.74) is 0.578. The minimum absolute atomic E-state index is 0.493. The molecule has 0 saturated heterocycles. The lowest BCUT2D eigenvalue weighted by Gasteiger charge is -2.27. The van der Waals surface area contributed by atoms with Gasteiger partial charge in [0.05, 0.1) is 0 Å². The molecule has 0 saturated carbocycles. The predicted octanol–water partition coefficient (Wildman–Crippen LogP) is 2.86. The van der Waals surface area contributed by atoms with E-state index < -0.39 is 11.6 Å². The van der Waals surface area contributed by atoms with Gasteiger partial charge in [-0.2, -0.15) is 4.98 Å². The molecule has 0 amide bonds. The molecule has 94 valence electrons. The number of fused-ring (bicyclic) bond motifs is 1. The number of hydrogen-bond donors (Lipinski definition) is 0. The molecule has 0 radical (unpaired) electrons. The summed E-state index contributed by atoms with van der Waals surface area (Å²) in [6.07, 6.45) is 0.877. The summed E-state index contributed by atoms with van der Waals surface area (Å²) >= 11 is 3.21. The van der Waals surface area contributed by atoms with Crippen LogP contribution < -0.4 is 4.90 Å². The highest BCUT2D eigenvalue weighted by Gasteiger charge is 2.22. The average Bonchev–Trinajstić information content (AvgIpc) is 2.72. The highest BCUT2D eigenvalue weighted by molar-refractivity contribution is 9.10. The van der Waals surface area contributed by atoms with E-state index in [2.05, 4.69) is 26.0 Å². The highest BCUT2D eigenvalue weighted by Crippen LogP contribution is 2.29. The van der Waals surface area contributed by atoms with Gasteiger partial charge < -0.3 is 4.90 Å². The molecule has 0 N–H and O–H groups in total. The summed E-state index contributed by atoms with van der Waals surface area (Å²) in [5, 5.41) is 4.18. The molecule has 1 aliphatic heterocycles. The van der Waals surface area contributed by atoms with Gasteiger partial charge in [-0.15, -0.1) is 5.10 Å². The largest absolute Gasteiger partial charge is 0.311 e. The second-order valence-electron chi connectivity index (χ2n) is 4.01. The van der Waals surface area contributed by atoms with E-state index in [0.717, 1.165) is 19.0 Å². The maximum absolute atomic E-state index is 13.3. The number of anilines is 2. The van der Waals surface area contributed by atoms with Crippen molar-refractivity contribution in [3.05, 3.63) is 34.6 Å². The van der Waals surface area contributed by atoms with E-state index in [1.165, 1.54) is 12.1 Å². The Hall–Kier alpha value is -1.50. The van der Waals surface area contributed by atoms with Gasteiger partial charge in [-0.3, -0.25) is 0 Å². The van der Waals surface area contributed by atoms with Crippen LogP contribution in [0.1, 0.15) is 6.42 Å². The van der Waals surface area contributed by atoms with Crippen LogP contribution in [0.3, 0.4) is 0 Å². The number of nitrogens with zero attached hydrogens (tertiary/aromatic N) is 4. The van der Waals surface area contributed by atoms with Crippen LogP contribution in [0.25, 0.3) is 0 Å². The molecule has 0 aliphatic carbocycles. The zero-order chi connectivity index (χ0) is 12.7. The van der Waals surface area contributed by atoms with Gasteiger partial charge in [-0.1, -0.05) is 0 Å². The fourth-order valence-electron chi connectivity index (χ4n) is 2.03. The lowest BCUT2D eigenvalue weighted by atomic mass is 10.2. The van der Waals surface area contributed by atoms with E-state index in [9.17, 15) is 8.78 Å². The Morgan fingerprint density at radius 1 is 1.17 bits per heavy atom. The lowest BCUT2D eigenvalue weighted by molar-refractivity contribution is 0.506. The molecule has 2 aromatic rings. The number of halogens is 3. The first-order valence-electron chi connectivity index (χ1n) is 5.48. The monoisotopic (exact) mass is 314 g/mol. The third-order valence-electron chi connectivity index (χ3n) is 2.83. The molecular formula is C11H9BrF2N4. The van der Waals surface area contributed by atoms with Gasteiger partial charge in [0.15, 0.2) is 11.6 Å². The number of hydrogen-bond acceptors (Lipinski definition) is 3. The third-order valence-corrected chi connectivity index (χ3v) is 3.17. The van der Waals surface area contributed by atoms with Crippen LogP contribution in [0, 0.1) is 11.6 Å². The second kappa shape index (κ2) is 4.31. The van der Waals surface area contributed by atoms with Crippen LogP contribution in [-0.4, -0.2) is 21.3 Å². The fraction of sp³-hybridized carbons (Fsp3) is 0.273. The molecule has 1 aromatic heterocycles. The molecule has 4 nitrogen and oxygen atoms in total. The maximum atomic E-state index is 13.3. The molecular weight excluding hydrogens is 306 g/mol. The van der Waals surface area contributed by atoms with E-state index in [1.54, 1.807) is 4.68 Å². The average molecular weight is 315 g/mol. The molecule has 3 rings (SSSR count). The summed E-state index contributed by atoms with van der Waals surface area (Å²) in [4.78, 5) is 6.06. The number of aromatic nitrogens is 3. The van der Waals surface area contributed by atoms with Crippen molar-refractivity contribution in [2.24, 2.45) is 0 Å². The van der Waals surface area contributed by atoms with Gasteiger partial charge in [-0.05, 0) is 34.5 Å². The van der Waals surface area contributed by atoms with E-state index in [4.69, 9.17) is 0 Å². The standard InChI is InChI=1S/C11H9BrF2N4/c12-10-15-11-17(4-1-5-18(11)16-10)7-2-3-8(13)9(14)6-7/h2-3,6H,1,4-5H2. The van der Waals surface area contributed by atoms with Crippen LogP contribution in [0.5, 0.6) is 0 Å². The molecule has 0 atom stereocenters. The van der Waals surface area contributed by atoms with Crippen molar-refractivity contribution in [3.8, 4) is 0 Å². The van der Waals surface area contributed by atoms with Crippen LogP contribution in [0.4, 0.5) is 20.4 Å². The van der Waals surface area contributed by atoms with Crippen molar-refractivity contribution in [1.29, 1.82) is 0 Å². The van der Waals surface area contributed by atoms with Crippen LogP contribution in [0.2, 0.25) is 0 Å². The van der Waals surface area contributed by atoms with Crippen LogP contribution in [0.15, 0.2) is 22.9 Å². The lowest BCUT2D eigenvalue weighted by Crippen LogP contribution is -2.28. The van der Waals surface area contributed by atoms with Gasteiger partial charge in [0, 0.05) is 24.8 Å². The molecule has 18 heavy (non-hydrogen) atoms. The van der Waals surface area contributed by atoms with E-state index in [0.29, 0.717) is 22.9 Å². The quantitative estimate of drug-likeness (QED) is 0.811. The fourth-order valence-corrected chi connectivity index (χ4v) is 2.38. The Kier molecular flexibility index (Phi) is 2.77. The van der Waals surface area contributed by atoms with E-state index >= 15 is 0 Å². The molecule has 2 heterocycles. The minimum atomic E-state index is -0.858. The molecule has 1 aromatic carbocycles. The second-order valence-corrected chi connectivity index (χ2v) is 4.72. The van der Waals surface area contributed by atoms with Gasteiger partial charge in [-0.25, -0.2) is 13.5 Å². The van der Waals surface area contributed by atoms with Crippen molar-refractivity contribution >= 4 is 27.6 Å². The summed E-state index contributed by atoms with van der Waals surface area (Å²) in [6, 6.07) is 3.83. The zero-order valence-corrected chi connectivity index (χ0v) is 10.9. The molecule has 1 aliphatic rings. The Morgan fingerprint density at radius 3 is 2.78 bits per heavy atom. The van der Waals surface area contributed by atoms with Crippen molar-refractivity contribution in [2.45, 2.75) is 13.0 Å². The van der Waals surface area contributed by atoms with Gasteiger partial charge >= 0.3 is 0 Å². The summed E-state index contributed by atoms with van der Waals surface area (Å²) in [7, 11) is 0. The van der Waals surface area contributed by atoms with Gasteiger partial charge in [0.1, 0.15) is 0 Å². The first-order chi connectivity index (χ1) is 8.65. The number of aryl methyl sites for hydroxylation is 1. The Balaban J connectivity index is 2.05. The Morgan fingerprint density at radius 2 is 2.00 bits per heavy atom. The number of benzene rings is 1. The Labute approximate surface area is 110 Å². The third kappa shape index (κ3) is 1.88. The molecule has 0 unspecified atom stereocenters. The molecule has 0 bridgehead atoms. The normalized spacial score (nSPS) is 14.7. The van der Waals surface area contributed by atoms with Gasteiger partial charge in [0.25, 0.3) is 0 Å². The zero-order valence-electron chi connectivity index (χ0n) is 9.28. The number of rotatable bonds is 1. The van der Waals surface area contributed by atoms with Crippen LogP contribution >= 0.6 is 15.9 Å². The SMILES string of the molecule is Fc1ccc(N2CCCn3nc(Br)nc32)cc1F. The molecule has 0 spiro atoms. The topological polar surface area (TPSA) is 34.0 Å². The van der Waals surface area contributed by atoms with Crippen molar-refractivity contribution in [1.82, 2.24) is 14.8 Å². The molecule has 0 fully saturated rings. The summed E-state index contributed by atoms with van der Waals surface area (Å²) in [6.45, 7) is 1.48. The highest BCUT2D eigenvalue weighted by atomic mass is 79.9. The van der Waals surface area contributed by atoms with Crippen molar-refractivity contribution in [3.63, 3.8) is 0 Å². The maximum Gasteiger partial charge on any atom is 0.229 e. The predicted molar refractivity (Wildman–Crippen MR) is 65.7 cm³/mol. The van der Waals surface area contributed by atoms with Gasteiger partial charge in [0.2, 0.25) is 10.7 Å². The van der Waals surface area contributed by atoms with E-state index in [-0.39, 0.29) is 0 Å².